The van der Waals surface area contributed by atoms with E-state index in [2.05, 4.69) is 15.6 Å². The molecule has 1 aromatic heterocycles. The van der Waals surface area contributed by atoms with Gasteiger partial charge in [-0.15, -0.1) is 5.10 Å². The van der Waals surface area contributed by atoms with Gasteiger partial charge in [0.05, 0.1) is 32.1 Å². The van der Waals surface area contributed by atoms with Gasteiger partial charge in [0.15, 0.2) is 6.29 Å². The predicted molar refractivity (Wildman–Crippen MR) is 163 cm³/mol. The third-order valence-electron chi connectivity index (χ3n) is 7.79. The highest BCUT2D eigenvalue weighted by Gasteiger charge is 2.44. The average molecular weight is 609 g/mol. The molecule has 11 heteroatoms. The van der Waals surface area contributed by atoms with Crippen molar-refractivity contribution >= 4 is 11.9 Å². The van der Waals surface area contributed by atoms with Gasteiger partial charge in [-0.05, 0) is 30.5 Å². The highest BCUT2D eigenvalue weighted by atomic mass is 16.7. The summed E-state index contributed by atoms with van der Waals surface area (Å²) in [6.45, 7) is 4.37. The number of aliphatic hydroxyl groups excluding tert-OH is 1. The van der Waals surface area contributed by atoms with Gasteiger partial charge in [0, 0.05) is 31.4 Å². The van der Waals surface area contributed by atoms with Gasteiger partial charge >= 0.3 is 5.97 Å². The van der Waals surface area contributed by atoms with E-state index < -0.39 is 24.5 Å². The van der Waals surface area contributed by atoms with Crippen LogP contribution in [-0.4, -0.2) is 70.2 Å². The SMILES string of the molecule is COc1cccc(-c2cn(CC3OC(OCCCCCCCC(=O)OCc4ccccc4)C(NC(C)=O)C(O)C3C)nn2)c1. The number of aliphatic hydroxyl groups is 1. The van der Waals surface area contributed by atoms with Crippen LogP contribution < -0.4 is 10.1 Å². The average Bonchev–Trinajstić information content (AvgIpc) is 3.50. The van der Waals surface area contributed by atoms with Crippen LogP contribution in [0, 0.1) is 5.92 Å². The van der Waals surface area contributed by atoms with E-state index in [-0.39, 0.29) is 17.8 Å². The molecule has 0 aliphatic carbocycles. The van der Waals surface area contributed by atoms with Crippen LogP contribution in [0.5, 0.6) is 5.75 Å². The molecule has 2 aromatic carbocycles. The van der Waals surface area contributed by atoms with Gasteiger partial charge in [0.1, 0.15) is 24.1 Å². The summed E-state index contributed by atoms with van der Waals surface area (Å²) >= 11 is 0. The molecule has 0 radical (unpaired) electrons. The number of esters is 1. The first kappa shape index (κ1) is 33.1. The van der Waals surface area contributed by atoms with E-state index in [1.54, 1.807) is 11.8 Å². The molecule has 0 bridgehead atoms. The Hall–Kier alpha value is -3.80. The number of nitrogens with one attached hydrogen (secondary N) is 1. The van der Waals surface area contributed by atoms with Crippen LogP contribution in [0.25, 0.3) is 11.3 Å². The number of carbonyl (C=O) groups is 2. The van der Waals surface area contributed by atoms with Crippen molar-refractivity contribution in [3.05, 3.63) is 66.4 Å². The van der Waals surface area contributed by atoms with E-state index >= 15 is 0 Å². The van der Waals surface area contributed by atoms with Crippen molar-refractivity contribution < 1.29 is 33.6 Å². The number of hydrogen-bond donors (Lipinski definition) is 2. The Balaban J connectivity index is 1.21. The molecule has 5 unspecified atom stereocenters. The summed E-state index contributed by atoms with van der Waals surface area (Å²) in [5.41, 5.74) is 2.55. The van der Waals surface area contributed by atoms with Crippen LogP contribution in [0.15, 0.2) is 60.8 Å². The van der Waals surface area contributed by atoms with E-state index in [0.717, 1.165) is 49.0 Å². The fourth-order valence-electron chi connectivity index (χ4n) is 5.23. The zero-order valence-electron chi connectivity index (χ0n) is 25.8. The van der Waals surface area contributed by atoms with Gasteiger partial charge in [-0.25, -0.2) is 4.68 Å². The van der Waals surface area contributed by atoms with E-state index in [4.69, 9.17) is 18.9 Å². The third-order valence-corrected chi connectivity index (χ3v) is 7.79. The maximum atomic E-state index is 12.0. The topological polar surface area (TPSA) is 134 Å². The minimum atomic E-state index is -0.870. The summed E-state index contributed by atoms with van der Waals surface area (Å²) < 4.78 is 24.7. The highest BCUT2D eigenvalue weighted by molar-refractivity contribution is 5.73. The molecule has 238 valence electrons. The molecule has 1 amide bonds. The van der Waals surface area contributed by atoms with Crippen molar-refractivity contribution in [1.29, 1.82) is 0 Å². The second-order valence-electron chi connectivity index (χ2n) is 11.2. The Labute approximate surface area is 258 Å². The third kappa shape index (κ3) is 9.87. The fourth-order valence-corrected chi connectivity index (χ4v) is 5.23. The summed E-state index contributed by atoms with van der Waals surface area (Å²) in [6, 6.07) is 16.5. The Morgan fingerprint density at radius 3 is 2.59 bits per heavy atom. The molecule has 1 aliphatic heterocycles. The fraction of sp³-hybridized carbons (Fsp3) is 0.515. The van der Waals surface area contributed by atoms with Crippen LogP contribution in [0.3, 0.4) is 0 Å². The van der Waals surface area contributed by atoms with Crippen LogP contribution in [0.4, 0.5) is 0 Å². The number of amides is 1. The normalized spacial score (nSPS) is 21.5. The lowest BCUT2D eigenvalue weighted by Crippen LogP contribution is -2.61. The molecule has 3 aromatic rings. The number of methoxy groups -OCH3 is 1. The van der Waals surface area contributed by atoms with Crippen molar-refractivity contribution in [2.75, 3.05) is 13.7 Å². The number of aromatic nitrogens is 3. The minimum Gasteiger partial charge on any atom is -0.497 e. The molecule has 2 heterocycles. The van der Waals surface area contributed by atoms with E-state index in [1.165, 1.54) is 6.92 Å². The lowest BCUT2D eigenvalue weighted by Gasteiger charge is -2.43. The van der Waals surface area contributed by atoms with Crippen molar-refractivity contribution in [3.8, 4) is 17.0 Å². The first-order valence-corrected chi connectivity index (χ1v) is 15.3. The predicted octanol–water partition coefficient (Wildman–Crippen LogP) is 4.28. The molecule has 1 aliphatic rings. The number of carbonyl (C=O) groups excluding carboxylic acids is 2. The van der Waals surface area contributed by atoms with Crippen molar-refractivity contribution in [2.24, 2.45) is 5.92 Å². The first-order chi connectivity index (χ1) is 21.3. The highest BCUT2D eigenvalue weighted by Crippen LogP contribution is 2.29. The minimum absolute atomic E-state index is 0.180. The number of hydrogen-bond acceptors (Lipinski definition) is 9. The van der Waals surface area contributed by atoms with Crippen LogP contribution in [0.2, 0.25) is 0 Å². The standard InChI is InChI=1S/C33H44N4O7/c1-23-29(21-37-20-28(35-36-37)26-15-12-16-27(19-26)41-3)44-33(31(32(23)40)34-24(2)38)42-18-11-6-4-5-10-17-30(39)43-22-25-13-8-7-9-14-25/h7-9,12-16,19-20,23,29,31-33,40H,4-6,10-11,17-18,21-22H2,1-3H3,(H,34,38). The summed E-state index contributed by atoms with van der Waals surface area (Å²) in [6.07, 6.45) is 4.50. The second-order valence-corrected chi connectivity index (χ2v) is 11.2. The van der Waals surface area contributed by atoms with Gasteiger partial charge in [-0.2, -0.15) is 0 Å². The van der Waals surface area contributed by atoms with Crippen molar-refractivity contribution in [1.82, 2.24) is 20.3 Å². The molecule has 4 rings (SSSR count). The van der Waals surface area contributed by atoms with Crippen LogP contribution >= 0.6 is 0 Å². The van der Waals surface area contributed by atoms with Gasteiger partial charge in [0.25, 0.3) is 0 Å². The molecule has 0 saturated carbocycles. The summed E-state index contributed by atoms with van der Waals surface area (Å²) in [7, 11) is 1.62. The van der Waals surface area contributed by atoms with Crippen LogP contribution in [0.1, 0.15) is 57.9 Å². The lowest BCUT2D eigenvalue weighted by atomic mass is 9.89. The summed E-state index contributed by atoms with van der Waals surface area (Å²) in [5, 5.41) is 22.5. The van der Waals surface area contributed by atoms with E-state index in [1.807, 2.05) is 67.7 Å². The van der Waals surface area contributed by atoms with Crippen LogP contribution in [-0.2, 0) is 37.0 Å². The molecule has 1 fully saturated rings. The Morgan fingerprint density at radius 2 is 1.82 bits per heavy atom. The first-order valence-electron chi connectivity index (χ1n) is 15.3. The Bertz CT molecular complexity index is 1320. The number of rotatable bonds is 16. The maximum absolute atomic E-state index is 12.0. The zero-order valence-corrected chi connectivity index (χ0v) is 25.8. The van der Waals surface area contributed by atoms with Gasteiger partial charge in [-0.3, -0.25) is 9.59 Å². The number of nitrogens with zero attached hydrogens (tertiary/aromatic N) is 3. The van der Waals surface area contributed by atoms with Crippen molar-refractivity contribution in [3.63, 3.8) is 0 Å². The number of benzene rings is 2. The number of unbranched alkanes of at least 4 members (excludes halogenated alkanes) is 4. The lowest BCUT2D eigenvalue weighted by molar-refractivity contribution is -0.252. The second kappa shape index (κ2) is 16.9. The summed E-state index contributed by atoms with van der Waals surface area (Å²) in [5.74, 6) is -0.0120. The molecule has 11 nitrogen and oxygen atoms in total. The molecule has 2 N–H and O–H groups in total. The summed E-state index contributed by atoms with van der Waals surface area (Å²) in [4.78, 5) is 23.9. The number of ether oxygens (including phenoxy) is 4. The molecule has 5 atom stereocenters. The molecule has 44 heavy (non-hydrogen) atoms. The van der Waals surface area contributed by atoms with Gasteiger partial charge < -0.3 is 29.4 Å². The molecular weight excluding hydrogens is 564 g/mol. The monoisotopic (exact) mass is 608 g/mol. The Kier molecular flexibility index (Phi) is 12.7. The van der Waals surface area contributed by atoms with E-state index in [9.17, 15) is 14.7 Å². The van der Waals surface area contributed by atoms with Crippen molar-refractivity contribution in [2.45, 2.75) is 90.1 Å². The molecular formula is C33H44N4O7. The molecule has 1 saturated heterocycles. The zero-order chi connectivity index (χ0) is 31.3. The van der Waals surface area contributed by atoms with E-state index in [0.29, 0.717) is 31.9 Å². The largest absolute Gasteiger partial charge is 0.497 e. The maximum Gasteiger partial charge on any atom is 0.306 e. The molecule has 0 spiro atoms. The quantitative estimate of drug-likeness (QED) is 0.181. The Morgan fingerprint density at radius 1 is 1.05 bits per heavy atom. The smallest absolute Gasteiger partial charge is 0.306 e. The van der Waals surface area contributed by atoms with Gasteiger partial charge in [-0.1, -0.05) is 73.9 Å². The van der Waals surface area contributed by atoms with Gasteiger partial charge in [0.2, 0.25) is 5.91 Å².